The van der Waals surface area contributed by atoms with E-state index < -0.39 is 10.8 Å². The average molecular weight is 615 g/mol. The van der Waals surface area contributed by atoms with Crippen molar-refractivity contribution in [3.63, 3.8) is 0 Å². The Labute approximate surface area is 224 Å². The molecule has 0 unspecified atom stereocenters. The zero-order chi connectivity index (χ0) is 26.2. The van der Waals surface area contributed by atoms with Crippen LogP contribution in [0.25, 0.3) is 6.08 Å². The van der Waals surface area contributed by atoms with E-state index in [4.69, 9.17) is 9.47 Å². The molecule has 10 heteroatoms. The third-order valence-corrected chi connectivity index (χ3v) is 6.30. The first-order valence-corrected chi connectivity index (χ1v) is 12.3. The Kier molecular flexibility index (Phi) is 9.22. The van der Waals surface area contributed by atoms with Crippen LogP contribution in [-0.2, 0) is 11.4 Å². The number of ether oxygens (including phenoxy) is 2. The van der Waals surface area contributed by atoms with Gasteiger partial charge in [-0.25, -0.2) is 0 Å². The van der Waals surface area contributed by atoms with Gasteiger partial charge in [0.2, 0.25) is 0 Å². The van der Waals surface area contributed by atoms with Crippen LogP contribution in [0.1, 0.15) is 23.6 Å². The van der Waals surface area contributed by atoms with Gasteiger partial charge in [-0.3, -0.25) is 14.9 Å². The smallest absolute Gasteiger partial charge is 0.270 e. The van der Waals surface area contributed by atoms with Crippen LogP contribution in [0.3, 0.4) is 0 Å². The van der Waals surface area contributed by atoms with E-state index in [1.807, 2.05) is 44.2 Å². The first-order valence-electron chi connectivity index (χ1n) is 10.7. The van der Waals surface area contributed by atoms with Gasteiger partial charge in [-0.15, -0.1) is 0 Å². The fourth-order valence-electron chi connectivity index (χ4n) is 3.22. The molecule has 0 saturated heterocycles. The van der Waals surface area contributed by atoms with Crippen molar-refractivity contribution in [3.8, 4) is 17.6 Å². The maximum absolute atomic E-state index is 12.7. The Morgan fingerprint density at radius 1 is 1.14 bits per heavy atom. The number of hydrogen-bond acceptors (Lipinski definition) is 6. The van der Waals surface area contributed by atoms with Gasteiger partial charge in [0.25, 0.3) is 11.6 Å². The van der Waals surface area contributed by atoms with Crippen LogP contribution in [0.2, 0.25) is 0 Å². The molecule has 0 radical (unpaired) electrons. The highest BCUT2D eigenvalue weighted by atomic mass is 79.9. The van der Waals surface area contributed by atoms with E-state index in [2.05, 4.69) is 37.2 Å². The summed E-state index contributed by atoms with van der Waals surface area (Å²) < 4.78 is 12.7. The van der Waals surface area contributed by atoms with Crippen LogP contribution in [0.4, 0.5) is 11.4 Å². The highest BCUT2D eigenvalue weighted by Crippen LogP contribution is 2.38. The summed E-state index contributed by atoms with van der Waals surface area (Å²) in [6.45, 7) is 4.59. The zero-order valence-corrected chi connectivity index (χ0v) is 22.6. The Balaban J connectivity index is 1.86. The number of nitro groups is 1. The van der Waals surface area contributed by atoms with Gasteiger partial charge in [0, 0.05) is 16.6 Å². The van der Waals surface area contributed by atoms with Crippen LogP contribution < -0.4 is 14.8 Å². The number of amides is 1. The predicted molar refractivity (Wildman–Crippen MR) is 144 cm³/mol. The monoisotopic (exact) mass is 613 g/mol. The van der Waals surface area contributed by atoms with Crippen molar-refractivity contribution < 1.29 is 19.2 Å². The largest absolute Gasteiger partial charge is 0.490 e. The summed E-state index contributed by atoms with van der Waals surface area (Å²) in [5.41, 5.74) is 2.69. The second-order valence-electron chi connectivity index (χ2n) is 7.52. The molecule has 0 aliphatic heterocycles. The average Bonchev–Trinajstić information content (AvgIpc) is 2.84. The summed E-state index contributed by atoms with van der Waals surface area (Å²) in [6.07, 6.45) is 1.42. The molecule has 3 aromatic rings. The van der Waals surface area contributed by atoms with Crippen molar-refractivity contribution in [1.29, 1.82) is 5.26 Å². The van der Waals surface area contributed by atoms with E-state index in [-0.39, 0.29) is 11.3 Å². The maximum atomic E-state index is 12.7. The first kappa shape index (κ1) is 26.9. The number of rotatable bonds is 9. The van der Waals surface area contributed by atoms with E-state index in [0.717, 1.165) is 11.1 Å². The van der Waals surface area contributed by atoms with Gasteiger partial charge in [-0.1, -0.05) is 24.3 Å². The van der Waals surface area contributed by atoms with Gasteiger partial charge in [0.05, 0.1) is 21.7 Å². The normalized spacial score (nSPS) is 10.9. The second-order valence-corrected chi connectivity index (χ2v) is 9.23. The molecule has 0 bridgehead atoms. The van der Waals surface area contributed by atoms with Crippen molar-refractivity contribution in [2.24, 2.45) is 0 Å². The van der Waals surface area contributed by atoms with Crippen molar-refractivity contribution in [2.45, 2.75) is 20.5 Å². The molecule has 3 rings (SSSR count). The number of benzene rings is 3. The molecule has 184 valence electrons. The fraction of sp³-hybridized carbons (Fsp3) is 0.154. The van der Waals surface area contributed by atoms with E-state index in [1.165, 1.54) is 24.3 Å². The van der Waals surface area contributed by atoms with Crippen molar-refractivity contribution in [1.82, 2.24) is 0 Å². The SMILES string of the molecule is CCOc1cc(/C=C(\C#N)C(=O)Nc2ccc([N+](=O)[O-])cc2Br)cc(Br)c1OCc1ccccc1C. The molecule has 8 nitrogen and oxygen atoms in total. The molecule has 0 aliphatic carbocycles. The van der Waals surface area contributed by atoms with Crippen molar-refractivity contribution in [2.75, 3.05) is 11.9 Å². The lowest BCUT2D eigenvalue weighted by molar-refractivity contribution is -0.384. The zero-order valence-electron chi connectivity index (χ0n) is 19.4. The second kappa shape index (κ2) is 12.3. The molecule has 1 amide bonds. The quantitative estimate of drug-likeness (QED) is 0.121. The summed E-state index contributed by atoms with van der Waals surface area (Å²) in [7, 11) is 0. The van der Waals surface area contributed by atoms with E-state index in [0.29, 0.717) is 44.9 Å². The molecule has 3 aromatic carbocycles. The minimum atomic E-state index is -0.666. The van der Waals surface area contributed by atoms with Gasteiger partial charge in [-0.05, 0) is 86.7 Å². The summed E-state index contributed by atoms with van der Waals surface area (Å²) in [5, 5.41) is 23.1. The van der Waals surface area contributed by atoms with Crippen LogP contribution in [0, 0.1) is 28.4 Å². The number of aryl methyl sites for hydroxylation is 1. The van der Waals surface area contributed by atoms with Crippen molar-refractivity contribution >= 4 is 55.2 Å². The summed E-state index contributed by atoms with van der Waals surface area (Å²) in [5.74, 6) is 0.304. The molecule has 36 heavy (non-hydrogen) atoms. The standard InChI is InChI=1S/C26H21Br2N3O5/c1-3-35-24-12-17(11-22(28)25(24)36-15-18-7-5-4-6-16(18)2)10-19(14-29)26(32)30-23-9-8-20(31(33)34)13-21(23)27/h4-13H,3,15H2,1-2H3,(H,30,32)/b19-10+. The molecule has 0 atom stereocenters. The minimum absolute atomic E-state index is 0.131. The van der Waals surface area contributed by atoms with Gasteiger partial charge in [0.15, 0.2) is 11.5 Å². The number of carbonyl (C=O) groups is 1. The molecule has 0 aromatic heterocycles. The number of non-ortho nitro benzene ring substituents is 1. The molecule has 0 heterocycles. The summed E-state index contributed by atoms with van der Waals surface area (Å²) in [6, 6.07) is 17.1. The Morgan fingerprint density at radius 2 is 1.89 bits per heavy atom. The van der Waals surface area contributed by atoms with Crippen LogP contribution in [-0.4, -0.2) is 17.4 Å². The fourth-order valence-corrected chi connectivity index (χ4v) is 4.26. The number of nitro benzene ring substituents is 1. The minimum Gasteiger partial charge on any atom is -0.490 e. The van der Waals surface area contributed by atoms with Gasteiger partial charge < -0.3 is 14.8 Å². The number of hydrogen-bond donors (Lipinski definition) is 1. The third-order valence-electron chi connectivity index (χ3n) is 5.05. The lowest BCUT2D eigenvalue weighted by atomic mass is 10.1. The maximum Gasteiger partial charge on any atom is 0.270 e. The molecule has 0 saturated carbocycles. The molecule has 0 aliphatic rings. The summed E-state index contributed by atoms with van der Waals surface area (Å²) in [4.78, 5) is 23.1. The highest BCUT2D eigenvalue weighted by Gasteiger charge is 2.17. The molecule has 0 spiro atoms. The van der Waals surface area contributed by atoms with Crippen LogP contribution in [0.5, 0.6) is 11.5 Å². The van der Waals surface area contributed by atoms with Gasteiger partial charge in [-0.2, -0.15) is 5.26 Å². The number of nitrogens with zero attached hydrogens (tertiary/aromatic N) is 2. The van der Waals surface area contributed by atoms with E-state index in [9.17, 15) is 20.2 Å². The first-order chi connectivity index (χ1) is 17.2. The van der Waals surface area contributed by atoms with Crippen LogP contribution >= 0.6 is 31.9 Å². The number of halogens is 2. The highest BCUT2D eigenvalue weighted by molar-refractivity contribution is 9.11. The Morgan fingerprint density at radius 3 is 2.53 bits per heavy atom. The predicted octanol–water partition coefficient (Wildman–Crippen LogP) is 6.95. The topological polar surface area (TPSA) is 114 Å². The van der Waals surface area contributed by atoms with Crippen molar-refractivity contribution in [3.05, 3.63) is 95.9 Å². The van der Waals surface area contributed by atoms with E-state index >= 15 is 0 Å². The number of anilines is 1. The van der Waals surface area contributed by atoms with Gasteiger partial charge >= 0.3 is 0 Å². The number of nitrogens with one attached hydrogen (secondary N) is 1. The van der Waals surface area contributed by atoms with Gasteiger partial charge in [0.1, 0.15) is 18.2 Å². The molecular formula is C26H21Br2N3O5. The molecule has 1 N–H and O–H groups in total. The Bertz CT molecular complexity index is 1380. The van der Waals surface area contributed by atoms with E-state index in [1.54, 1.807) is 12.1 Å². The lowest BCUT2D eigenvalue weighted by Crippen LogP contribution is -2.14. The Hall–Kier alpha value is -3.68. The number of carbonyl (C=O) groups excluding carboxylic acids is 1. The third kappa shape index (κ3) is 6.71. The lowest BCUT2D eigenvalue weighted by Gasteiger charge is -2.15. The molecule has 0 fully saturated rings. The van der Waals surface area contributed by atoms with Crippen LogP contribution in [0.15, 0.2) is 69.1 Å². The molecular weight excluding hydrogens is 594 g/mol. The number of nitriles is 1. The summed E-state index contributed by atoms with van der Waals surface area (Å²) >= 11 is 6.72.